The van der Waals surface area contributed by atoms with E-state index >= 15 is 0 Å². The molecule has 8 heteroatoms. The van der Waals surface area contributed by atoms with Crippen LogP contribution in [0.5, 0.6) is 17.8 Å². The first-order valence-electron chi connectivity index (χ1n) is 5.56. The largest absolute Gasteiger partial charge is 0.464 e. The number of anilines is 1. The quantitative estimate of drug-likeness (QED) is 0.902. The van der Waals surface area contributed by atoms with Crippen molar-refractivity contribution in [2.75, 3.05) is 19.0 Å². The van der Waals surface area contributed by atoms with Gasteiger partial charge < -0.3 is 14.8 Å². The summed E-state index contributed by atoms with van der Waals surface area (Å²) in [6, 6.07) is 2.11. The summed E-state index contributed by atoms with van der Waals surface area (Å²) in [5.41, 5.74) is 0. The number of nitrogens with zero attached hydrogens (tertiary/aromatic N) is 4. The van der Waals surface area contributed by atoms with Crippen molar-refractivity contribution in [2.24, 2.45) is 0 Å². The summed E-state index contributed by atoms with van der Waals surface area (Å²) in [5.74, 6) is 0.890. The Morgan fingerprint density at radius 2 is 2.00 bits per heavy atom. The molecule has 19 heavy (non-hydrogen) atoms. The monoisotopic (exact) mass is 325 g/mol. The molecule has 0 aromatic carbocycles. The summed E-state index contributed by atoms with van der Waals surface area (Å²) in [5, 5.41) is 2.82. The summed E-state index contributed by atoms with van der Waals surface area (Å²) >= 11 is 3.31. The number of aromatic nitrogens is 4. The Kier molecular flexibility index (Phi) is 4.45. The zero-order chi connectivity index (χ0) is 13.7. The van der Waals surface area contributed by atoms with Crippen molar-refractivity contribution >= 4 is 21.9 Å². The van der Waals surface area contributed by atoms with Gasteiger partial charge in [0.15, 0.2) is 5.75 Å². The van der Waals surface area contributed by atoms with Crippen LogP contribution in [0.25, 0.3) is 0 Å². The Bertz CT molecular complexity index is 567. The lowest BCUT2D eigenvalue weighted by Crippen LogP contribution is -2.05. The number of ether oxygens (including phenoxy) is 2. The third-order valence-corrected chi connectivity index (χ3v) is 2.41. The minimum Gasteiger partial charge on any atom is -0.464 e. The van der Waals surface area contributed by atoms with Gasteiger partial charge >= 0.3 is 12.0 Å². The van der Waals surface area contributed by atoms with Gasteiger partial charge in [-0.3, -0.25) is 4.98 Å². The minimum atomic E-state index is 0.141. The summed E-state index contributed by atoms with van der Waals surface area (Å²) in [6.07, 6.45) is 3.22. The van der Waals surface area contributed by atoms with Crippen molar-refractivity contribution in [3.8, 4) is 17.8 Å². The van der Waals surface area contributed by atoms with Gasteiger partial charge in [0.2, 0.25) is 5.95 Å². The number of pyridine rings is 1. The van der Waals surface area contributed by atoms with Crippen molar-refractivity contribution < 1.29 is 9.47 Å². The Hall–Kier alpha value is -1.96. The van der Waals surface area contributed by atoms with Crippen LogP contribution in [0, 0.1) is 0 Å². The van der Waals surface area contributed by atoms with Crippen LogP contribution in [0.3, 0.4) is 0 Å². The summed E-state index contributed by atoms with van der Waals surface area (Å²) in [4.78, 5) is 16.2. The van der Waals surface area contributed by atoms with Crippen molar-refractivity contribution in [3.05, 3.63) is 22.9 Å². The van der Waals surface area contributed by atoms with E-state index in [0.29, 0.717) is 18.3 Å². The van der Waals surface area contributed by atoms with Gasteiger partial charge in [-0.05, 0) is 28.9 Å². The summed E-state index contributed by atoms with van der Waals surface area (Å²) in [6.45, 7) is 2.31. The molecule has 0 aliphatic heterocycles. The highest BCUT2D eigenvalue weighted by Crippen LogP contribution is 2.22. The molecule has 2 heterocycles. The van der Waals surface area contributed by atoms with Gasteiger partial charge in [0.05, 0.1) is 12.8 Å². The lowest BCUT2D eigenvalue weighted by Gasteiger charge is -2.07. The molecule has 2 rings (SSSR count). The lowest BCUT2D eigenvalue weighted by atomic mass is 10.5. The molecule has 0 fully saturated rings. The standard InChI is InChI=1S/C11H12BrN5O2/c1-3-18-10-15-9(13-2)16-11(17-10)19-8-4-7(12)5-14-6-8/h4-6H,3H2,1-2H3,(H,13,15,16,17). The van der Waals surface area contributed by atoms with Crippen molar-refractivity contribution in [3.63, 3.8) is 0 Å². The Labute approximate surface area is 118 Å². The van der Waals surface area contributed by atoms with Crippen LogP contribution < -0.4 is 14.8 Å². The fourth-order valence-electron chi connectivity index (χ4n) is 1.24. The van der Waals surface area contributed by atoms with E-state index < -0.39 is 0 Å². The molecule has 1 N–H and O–H groups in total. The molecule has 0 aliphatic carbocycles. The normalized spacial score (nSPS) is 10.1. The molecule has 0 unspecified atom stereocenters. The van der Waals surface area contributed by atoms with Crippen molar-refractivity contribution in [2.45, 2.75) is 6.92 Å². The van der Waals surface area contributed by atoms with Gasteiger partial charge in [-0.25, -0.2) is 0 Å². The highest BCUT2D eigenvalue weighted by Gasteiger charge is 2.08. The van der Waals surface area contributed by atoms with Gasteiger partial charge in [0.1, 0.15) is 0 Å². The first-order chi connectivity index (χ1) is 9.21. The Morgan fingerprint density at radius 1 is 1.21 bits per heavy atom. The predicted octanol–water partition coefficient (Wildman–Crippen LogP) is 2.26. The van der Waals surface area contributed by atoms with E-state index in [0.717, 1.165) is 4.47 Å². The van der Waals surface area contributed by atoms with Crippen LogP contribution in [0.4, 0.5) is 5.95 Å². The fraction of sp³-hybridized carbons (Fsp3) is 0.273. The second kappa shape index (κ2) is 6.28. The molecule has 0 spiro atoms. The third kappa shape index (κ3) is 3.75. The van der Waals surface area contributed by atoms with Crippen LogP contribution in [0.2, 0.25) is 0 Å². The van der Waals surface area contributed by atoms with Gasteiger partial charge in [-0.15, -0.1) is 4.98 Å². The molecule has 0 bridgehead atoms. The predicted molar refractivity (Wildman–Crippen MR) is 72.6 cm³/mol. The van der Waals surface area contributed by atoms with E-state index in [1.165, 1.54) is 0 Å². The van der Waals surface area contributed by atoms with Gasteiger partial charge in [-0.2, -0.15) is 9.97 Å². The SMILES string of the molecule is CCOc1nc(NC)nc(Oc2cncc(Br)c2)n1. The topological polar surface area (TPSA) is 82.0 Å². The first-order valence-corrected chi connectivity index (χ1v) is 6.35. The molecular formula is C11H12BrN5O2. The lowest BCUT2D eigenvalue weighted by molar-refractivity contribution is 0.304. The molecule has 0 aliphatic rings. The van der Waals surface area contributed by atoms with Crippen LogP contribution >= 0.6 is 15.9 Å². The highest BCUT2D eigenvalue weighted by atomic mass is 79.9. The van der Waals surface area contributed by atoms with Crippen LogP contribution in [0.1, 0.15) is 6.92 Å². The van der Waals surface area contributed by atoms with Crippen LogP contribution in [-0.2, 0) is 0 Å². The molecule has 0 amide bonds. The van der Waals surface area contributed by atoms with Gasteiger partial charge in [-0.1, -0.05) is 0 Å². The summed E-state index contributed by atoms with van der Waals surface area (Å²) < 4.78 is 11.6. The first kappa shape index (κ1) is 13.5. The number of hydrogen-bond acceptors (Lipinski definition) is 7. The molecule has 2 aromatic heterocycles. The van der Waals surface area contributed by atoms with E-state index in [1.807, 2.05) is 6.92 Å². The van der Waals surface area contributed by atoms with Gasteiger partial charge in [0, 0.05) is 17.7 Å². The maximum absolute atomic E-state index is 5.51. The van der Waals surface area contributed by atoms with Crippen LogP contribution in [-0.4, -0.2) is 33.6 Å². The molecular weight excluding hydrogens is 314 g/mol. The maximum Gasteiger partial charge on any atom is 0.330 e. The number of rotatable bonds is 5. The van der Waals surface area contributed by atoms with Gasteiger partial charge in [0.25, 0.3) is 0 Å². The van der Waals surface area contributed by atoms with Crippen LogP contribution in [0.15, 0.2) is 22.9 Å². The molecule has 0 saturated carbocycles. The maximum atomic E-state index is 5.51. The van der Waals surface area contributed by atoms with E-state index in [2.05, 4.69) is 41.2 Å². The zero-order valence-electron chi connectivity index (χ0n) is 10.4. The smallest absolute Gasteiger partial charge is 0.330 e. The molecule has 0 saturated heterocycles. The molecule has 0 radical (unpaired) electrons. The average Bonchev–Trinajstić information content (AvgIpc) is 2.39. The zero-order valence-corrected chi connectivity index (χ0v) is 12.0. The van der Waals surface area contributed by atoms with E-state index in [1.54, 1.807) is 25.5 Å². The second-order valence-corrected chi connectivity index (χ2v) is 4.26. The number of hydrogen-bond donors (Lipinski definition) is 1. The number of nitrogens with one attached hydrogen (secondary N) is 1. The number of halogens is 1. The minimum absolute atomic E-state index is 0.141. The fourth-order valence-corrected chi connectivity index (χ4v) is 1.59. The average molecular weight is 326 g/mol. The molecule has 2 aromatic rings. The molecule has 100 valence electrons. The molecule has 0 atom stereocenters. The van der Waals surface area contributed by atoms with E-state index in [9.17, 15) is 0 Å². The van der Waals surface area contributed by atoms with Crippen molar-refractivity contribution in [1.29, 1.82) is 0 Å². The second-order valence-electron chi connectivity index (χ2n) is 3.35. The Morgan fingerprint density at radius 3 is 2.68 bits per heavy atom. The van der Waals surface area contributed by atoms with Crippen molar-refractivity contribution in [1.82, 2.24) is 19.9 Å². The summed E-state index contributed by atoms with van der Waals surface area (Å²) in [7, 11) is 1.70. The molecule has 7 nitrogen and oxygen atoms in total. The van der Waals surface area contributed by atoms with E-state index in [4.69, 9.17) is 9.47 Å². The van der Waals surface area contributed by atoms with E-state index in [-0.39, 0.29) is 12.0 Å². The third-order valence-electron chi connectivity index (χ3n) is 1.98. The highest BCUT2D eigenvalue weighted by molar-refractivity contribution is 9.10. The Balaban J connectivity index is 2.26.